The minimum atomic E-state index is -0.265. The van der Waals surface area contributed by atoms with Crippen molar-refractivity contribution in [3.8, 4) is 0 Å². The molecular weight excluding hydrogens is 246 g/mol. The van der Waals surface area contributed by atoms with Gasteiger partial charge < -0.3 is 15.2 Å². The molecule has 2 N–H and O–H groups in total. The lowest BCUT2D eigenvalue weighted by Gasteiger charge is -2.35. The molecule has 0 aromatic heterocycles. The minimum absolute atomic E-state index is 0.0648. The molecule has 0 spiro atoms. The first-order valence-corrected chi connectivity index (χ1v) is 8.34. The summed E-state index contributed by atoms with van der Waals surface area (Å²) < 4.78 is 5.33. The van der Waals surface area contributed by atoms with E-state index in [1.165, 1.54) is 32.1 Å². The van der Waals surface area contributed by atoms with E-state index in [4.69, 9.17) is 4.74 Å². The van der Waals surface area contributed by atoms with E-state index in [0.29, 0.717) is 11.3 Å². The average Bonchev–Trinajstić information content (AvgIpc) is 2.82. The summed E-state index contributed by atoms with van der Waals surface area (Å²) in [4.78, 5) is 0. The summed E-state index contributed by atoms with van der Waals surface area (Å²) in [5.41, 5.74) is 0. The van der Waals surface area contributed by atoms with Crippen LogP contribution in [0.4, 0.5) is 0 Å². The maximum Gasteiger partial charge on any atom is 0.0830 e. The number of ether oxygens (including phenoxy) is 1. The molecule has 0 radical (unpaired) electrons. The van der Waals surface area contributed by atoms with Crippen molar-refractivity contribution >= 4 is 11.8 Å². The molecule has 3 aliphatic rings. The second-order valence-corrected chi connectivity index (χ2v) is 7.45. The van der Waals surface area contributed by atoms with Gasteiger partial charge in [0.1, 0.15) is 0 Å². The van der Waals surface area contributed by atoms with E-state index >= 15 is 0 Å². The van der Waals surface area contributed by atoms with Gasteiger partial charge in [0.2, 0.25) is 0 Å². The second-order valence-electron chi connectivity index (χ2n) is 6.07. The van der Waals surface area contributed by atoms with Crippen molar-refractivity contribution in [1.82, 2.24) is 5.32 Å². The van der Waals surface area contributed by atoms with Crippen molar-refractivity contribution in [2.45, 2.75) is 73.8 Å². The highest BCUT2D eigenvalue weighted by molar-refractivity contribution is 8.00. The van der Waals surface area contributed by atoms with Gasteiger partial charge >= 0.3 is 0 Å². The molecule has 104 valence electrons. The topological polar surface area (TPSA) is 41.5 Å². The summed E-state index contributed by atoms with van der Waals surface area (Å²) in [5.74, 6) is 0.627. The predicted octanol–water partition coefficient (Wildman–Crippen LogP) is 2.14. The highest BCUT2D eigenvalue weighted by Gasteiger charge is 2.41. The monoisotopic (exact) mass is 271 g/mol. The third kappa shape index (κ3) is 2.58. The Kier molecular flexibility index (Phi) is 4.18. The van der Waals surface area contributed by atoms with Crippen molar-refractivity contribution in [1.29, 1.82) is 0 Å². The largest absolute Gasteiger partial charge is 0.390 e. The number of hydrogen-bond acceptors (Lipinski definition) is 4. The van der Waals surface area contributed by atoms with Crippen molar-refractivity contribution in [2.24, 2.45) is 5.92 Å². The fraction of sp³-hybridized carbons (Fsp3) is 1.00. The molecule has 6 atom stereocenters. The Balaban J connectivity index is 1.56. The molecule has 18 heavy (non-hydrogen) atoms. The lowest BCUT2D eigenvalue weighted by atomic mass is 9.84. The van der Waals surface area contributed by atoms with Gasteiger partial charge in [0, 0.05) is 18.4 Å². The van der Waals surface area contributed by atoms with Crippen LogP contribution in [0.25, 0.3) is 0 Å². The first-order chi connectivity index (χ1) is 8.78. The highest BCUT2D eigenvalue weighted by Crippen LogP contribution is 2.43. The molecule has 4 heteroatoms. The quantitative estimate of drug-likeness (QED) is 0.807. The van der Waals surface area contributed by atoms with Gasteiger partial charge in [-0.05, 0) is 38.0 Å². The maximum atomic E-state index is 10.1. The average molecular weight is 271 g/mol. The van der Waals surface area contributed by atoms with Crippen molar-refractivity contribution in [3.63, 3.8) is 0 Å². The van der Waals surface area contributed by atoms with Crippen molar-refractivity contribution in [2.75, 3.05) is 7.11 Å². The fourth-order valence-electron chi connectivity index (χ4n) is 3.84. The van der Waals surface area contributed by atoms with Crippen LogP contribution in [0, 0.1) is 5.92 Å². The van der Waals surface area contributed by atoms with Gasteiger partial charge in [-0.2, -0.15) is 0 Å². The molecule has 3 nitrogen and oxygen atoms in total. The molecule has 1 aliphatic heterocycles. The molecule has 2 aliphatic carbocycles. The number of fused-ring (bicyclic) bond motifs is 1. The van der Waals surface area contributed by atoms with E-state index in [0.717, 1.165) is 24.1 Å². The number of hydrogen-bond donors (Lipinski definition) is 2. The van der Waals surface area contributed by atoms with Crippen LogP contribution in [0.1, 0.15) is 44.9 Å². The molecule has 0 aromatic rings. The van der Waals surface area contributed by atoms with Gasteiger partial charge in [-0.25, -0.2) is 0 Å². The van der Waals surface area contributed by atoms with Gasteiger partial charge in [-0.1, -0.05) is 12.8 Å². The van der Waals surface area contributed by atoms with Crippen LogP contribution in [-0.4, -0.2) is 41.1 Å². The number of rotatable bonds is 2. The molecule has 2 saturated carbocycles. The number of aliphatic hydroxyl groups excluding tert-OH is 1. The molecule has 6 unspecified atom stereocenters. The lowest BCUT2D eigenvalue weighted by Crippen LogP contribution is -2.43. The zero-order valence-corrected chi connectivity index (χ0v) is 12.0. The van der Waals surface area contributed by atoms with Crippen LogP contribution in [0.15, 0.2) is 0 Å². The highest BCUT2D eigenvalue weighted by atomic mass is 32.2. The minimum Gasteiger partial charge on any atom is -0.390 e. The van der Waals surface area contributed by atoms with E-state index < -0.39 is 0 Å². The third-order valence-electron chi connectivity index (χ3n) is 4.93. The van der Waals surface area contributed by atoms with Gasteiger partial charge in [0.05, 0.1) is 17.6 Å². The summed E-state index contributed by atoms with van der Waals surface area (Å²) in [7, 11) is 1.71. The molecule has 1 heterocycles. The lowest BCUT2D eigenvalue weighted by molar-refractivity contribution is -0.0507. The van der Waals surface area contributed by atoms with Crippen molar-refractivity contribution < 1.29 is 9.84 Å². The Morgan fingerprint density at radius 1 is 1.17 bits per heavy atom. The molecular formula is C14H25NO2S. The summed E-state index contributed by atoms with van der Waals surface area (Å²) in [5, 5.41) is 15.3. The first-order valence-electron chi connectivity index (χ1n) is 7.40. The van der Waals surface area contributed by atoms with Gasteiger partial charge in [0.15, 0.2) is 0 Å². The number of thioether (sulfide) groups is 1. The van der Waals surface area contributed by atoms with Crippen LogP contribution in [0.5, 0.6) is 0 Å². The summed E-state index contributed by atoms with van der Waals surface area (Å²) in [6.07, 6.45) is 8.44. The molecule has 3 rings (SSSR count). The van der Waals surface area contributed by atoms with Crippen molar-refractivity contribution in [3.05, 3.63) is 0 Å². The summed E-state index contributed by atoms with van der Waals surface area (Å²) >= 11 is 2.15. The molecule has 3 fully saturated rings. The van der Waals surface area contributed by atoms with Crippen LogP contribution in [0.2, 0.25) is 0 Å². The van der Waals surface area contributed by atoms with Crippen LogP contribution < -0.4 is 5.32 Å². The van der Waals surface area contributed by atoms with Gasteiger partial charge in [-0.15, -0.1) is 11.8 Å². The third-order valence-corrected chi connectivity index (χ3v) is 6.66. The van der Waals surface area contributed by atoms with Crippen LogP contribution in [0.3, 0.4) is 0 Å². The Hall–Kier alpha value is 0.230. The molecule has 0 amide bonds. The summed E-state index contributed by atoms with van der Waals surface area (Å²) in [6, 6.07) is 0.742. The Bertz CT molecular complexity index is 275. The zero-order valence-electron chi connectivity index (χ0n) is 11.2. The van der Waals surface area contributed by atoms with Crippen LogP contribution >= 0.6 is 11.8 Å². The number of nitrogens with one attached hydrogen (secondary N) is 1. The van der Waals surface area contributed by atoms with E-state index in [1.54, 1.807) is 7.11 Å². The normalized spacial score (nSPS) is 49.0. The molecule has 0 aromatic carbocycles. The Morgan fingerprint density at radius 3 is 2.72 bits per heavy atom. The smallest absolute Gasteiger partial charge is 0.0830 e. The molecule has 0 bridgehead atoms. The number of aliphatic hydroxyl groups is 1. The summed E-state index contributed by atoms with van der Waals surface area (Å²) in [6.45, 7) is 0. The van der Waals surface area contributed by atoms with Crippen LogP contribution in [-0.2, 0) is 4.74 Å². The van der Waals surface area contributed by atoms with E-state index in [9.17, 15) is 5.11 Å². The second kappa shape index (κ2) is 5.70. The Morgan fingerprint density at radius 2 is 2.00 bits per heavy atom. The fourth-order valence-corrected chi connectivity index (χ4v) is 5.64. The van der Waals surface area contributed by atoms with E-state index in [1.807, 2.05) is 0 Å². The molecule has 1 saturated heterocycles. The zero-order chi connectivity index (χ0) is 12.5. The Labute approximate surface area is 114 Å². The first kappa shape index (κ1) is 13.2. The van der Waals surface area contributed by atoms with Gasteiger partial charge in [0.25, 0.3) is 0 Å². The van der Waals surface area contributed by atoms with E-state index in [2.05, 4.69) is 17.1 Å². The standard InChI is InChI=1S/C14H25NO2S/c1-17-12-7-6-9(8-11(12)16)14-15-10-4-2-3-5-13(10)18-14/h9-16H,2-8H2,1H3. The SMILES string of the molecule is COC1CCC(C2NC3CCCCC3S2)CC1O. The number of methoxy groups -OCH3 is 1. The predicted molar refractivity (Wildman–Crippen MR) is 74.7 cm³/mol. The van der Waals surface area contributed by atoms with E-state index in [-0.39, 0.29) is 12.2 Å². The van der Waals surface area contributed by atoms with Gasteiger partial charge in [-0.3, -0.25) is 0 Å². The maximum absolute atomic E-state index is 10.1.